The standard InChI is InChI=1S/C17H24BrN3O2.HI/c1-4-19-17(21-13-7-5-6-8-13)20-11-12-9-14(18)16(23-3)15(10-12)22-2;/h5-6,9-10,13H,4,7-8,11H2,1-3H3,(H2,19,20,21);1H. The number of hydrogen-bond donors (Lipinski definition) is 2. The van der Waals surface area contributed by atoms with Crippen LogP contribution in [0, 0.1) is 0 Å². The zero-order valence-electron chi connectivity index (χ0n) is 14.3. The van der Waals surface area contributed by atoms with Gasteiger partial charge in [0.2, 0.25) is 0 Å². The number of benzene rings is 1. The molecule has 0 saturated carbocycles. The van der Waals surface area contributed by atoms with Crippen molar-refractivity contribution in [3.8, 4) is 11.5 Å². The minimum atomic E-state index is 0. The first kappa shape index (κ1) is 21.1. The minimum Gasteiger partial charge on any atom is -0.493 e. The third-order valence-corrected chi connectivity index (χ3v) is 4.20. The van der Waals surface area contributed by atoms with Crippen LogP contribution in [0.15, 0.2) is 33.7 Å². The van der Waals surface area contributed by atoms with Crippen molar-refractivity contribution >= 4 is 45.9 Å². The summed E-state index contributed by atoms with van der Waals surface area (Å²) in [5, 5.41) is 6.75. The van der Waals surface area contributed by atoms with E-state index < -0.39 is 0 Å². The normalized spacial score (nSPS) is 14.2. The minimum absolute atomic E-state index is 0. The molecule has 0 radical (unpaired) electrons. The molecule has 0 spiro atoms. The number of hydrogen-bond acceptors (Lipinski definition) is 3. The van der Waals surface area contributed by atoms with Crippen LogP contribution >= 0.6 is 39.9 Å². The predicted molar refractivity (Wildman–Crippen MR) is 113 cm³/mol. The Morgan fingerprint density at radius 2 is 1.96 bits per heavy atom. The Kier molecular flexibility index (Phi) is 9.50. The van der Waals surface area contributed by atoms with Crippen LogP contribution in [0.5, 0.6) is 11.5 Å². The van der Waals surface area contributed by atoms with Crippen LogP contribution < -0.4 is 20.1 Å². The van der Waals surface area contributed by atoms with E-state index in [2.05, 4.69) is 50.6 Å². The van der Waals surface area contributed by atoms with E-state index >= 15 is 0 Å². The van der Waals surface area contributed by atoms with Crippen molar-refractivity contribution in [1.82, 2.24) is 10.6 Å². The van der Waals surface area contributed by atoms with Crippen molar-refractivity contribution < 1.29 is 9.47 Å². The van der Waals surface area contributed by atoms with Crippen LogP contribution in [0.3, 0.4) is 0 Å². The molecule has 2 rings (SSSR count). The van der Waals surface area contributed by atoms with Crippen LogP contribution in [0.2, 0.25) is 0 Å². The highest BCUT2D eigenvalue weighted by Gasteiger charge is 2.13. The van der Waals surface area contributed by atoms with E-state index in [1.54, 1.807) is 14.2 Å². The van der Waals surface area contributed by atoms with E-state index in [1.807, 2.05) is 12.1 Å². The number of aliphatic imine (C=N–C) groups is 1. The van der Waals surface area contributed by atoms with E-state index in [0.717, 1.165) is 35.4 Å². The highest BCUT2D eigenvalue weighted by molar-refractivity contribution is 14.0. The van der Waals surface area contributed by atoms with E-state index in [9.17, 15) is 0 Å². The molecule has 0 bridgehead atoms. The first-order valence-electron chi connectivity index (χ1n) is 7.78. The summed E-state index contributed by atoms with van der Waals surface area (Å²) in [6.45, 7) is 3.47. The van der Waals surface area contributed by atoms with Crippen molar-refractivity contribution in [1.29, 1.82) is 0 Å². The fourth-order valence-electron chi connectivity index (χ4n) is 2.48. The summed E-state index contributed by atoms with van der Waals surface area (Å²) in [7, 11) is 3.26. The van der Waals surface area contributed by atoms with Gasteiger partial charge in [0.05, 0.1) is 25.2 Å². The molecular weight excluding hydrogens is 485 g/mol. The van der Waals surface area contributed by atoms with Crippen LogP contribution in [-0.4, -0.2) is 32.8 Å². The molecule has 1 aromatic carbocycles. The molecular formula is C17H25BrIN3O2. The maximum absolute atomic E-state index is 5.38. The van der Waals surface area contributed by atoms with Crippen molar-refractivity contribution in [2.24, 2.45) is 4.99 Å². The Morgan fingerprint density at radius 3 is 2.54 bits per heavy atom. The molecule has 0 atom stereocenters. The van der Waals surface area contributed by atoms with Gasteiger partial charge in [-0.3, -0.25) is 0 Å². The number of halogens is 2. The first-order chi connectivity index (χ1) is 11.2. The molecule has 0 amide bonds. The lowest BCUT2D eigenvalue weighted by Crippen LogP contribution is -2.42. The quantitative estimate of drug-likeness (QED) is 0.264. The highest BCUT2D eigenvalue weighted by Crippen LogP contribution is 2.36. The molecule has 0 unspecified atom stereocenters. The average Bonchev–Trinajstić information content (AvgIpc) is 3.05. The van der Waals surface area contributed by atoms with Gasteiger partial charge < -0.3 is 20.1 Å². The van der Waals surface area contributed by atoms with Crippen LogP contribution in [0.1, 0.15) is 25.3 Å². The molecule has 1 aromatic rings. The number of methoxy groups -OCH3 is 2. The zero-order chi connectivity index (χ0) is 16.7. The molecule has 24 heavy (non-hydrogen) atoms. The second kappa shape index (κ2) is 10.8. The van der Waals surface area contributed by atoms with E-state index in [4.69, 9.17) is 9.47 Å². The zero-order valence-corrected chi connectivity index (χ0v) is 18.2. The van der Waals surface area contributed by atoms with Gasteiger partial charge in [-0.05, 0) is 53.4 Å². The molecule has 2 N–H and O–H groups in total. The van der Waals surface area contributed by atoms with Crippen molar-refractivity contribution in [3.63, 3.8) is 0 Å². The van der Waals surface area contributed by atoms with E-state index in [1.165, 1.54) is 0 Å². The summed E-state index contributed by atoms with van der Waals surface area (Å²) in [5.41, 5.74) is 1.05. The molecule has 7 heteroatoms. The van der Waals surface area contributed by atoms with E-state index in [-0.39, 0.29) is 24.0 Å². The Morgan fingerprint density at radius 1 is 1.25 bits per heavy atom. The molecule has 0 heterocycles. The summed E-state index contributed by atoms with van der Waals surface area (Å²) >= 11 is 3.51. The van der Waals surface area contributed by atoms with Gasteiger partial charge in [0.25, 0.3) is 0 Å². The second-order valence-electron chi connectivity index (χ2n) is 5.29. The average molecular weight is 510 g/mol. The van der Waals surface area contributed by atoms with Gasteiger partial charge in [-0.2, -0.15) is 0 Å². The summed E-state index contributed by atoms with van der Waals surface area (Å²) < 4.78 is 11.6. The predicted octanol–water partition coefficient (Wildman–Crippen LogP) is 3.86. The molecule has 0 aliphatic heterocycles. The number of guanidine groups is 1. The smallest absolute Gasteiger partial charge is 0.191 e. The molecule has 0 aromatic heterocycles. The molecule has 1 aliphatic rings. The van der Waals surface area contributed by atoms with Gasteiger partial charge >= 0.3 is 0 Å². The molecule has 0 fully saturated rings. The molecule has 134 valence electrons. The lowest BCUT2D eigenvalue weighted by molar-refractivity contribution is 0.352. The SMILES string of the molecule is CCNC(=NCc1cc(Br)c(OC)c(OC)c1)NC1CC=CC1.I. The molecule has 0 saturated heterocycles. The van der Waals surface area contributed by atoms with Crippen LogP contribution in [0.25, 0.3) is 0 Å². The number of rotatable bonds is 6. The van der Waals surface area contributed by atoms with E-state index in [0.29, 0.717) is 24.1 Å². The summed E-state index contributed by atoms with van der Waals surface area (Å²) in [6, 6.07) is 4.39. The van der Waals surface area contributed by atoms with Gasteiger partial charge in [0.15, 0.2) is 17.5 Å². The second-order valence-corrected chi connectivity index (χ2v) is 6.15. The number of nitrogens with zero attached hydrogens (tertiary/aromatic N) is 1. The largest absolute Gasteiger partial charge is 0.493 e. The molecule has 1 aliphatic carbocycles. The Balaban J connectivity index is 0.00000288. The fourth-order valence-corrected chi connectivity index (χ4v) is 3.13. The Bertz CT molecular complexity index is 585. The molecule has 5 nitrogen and oxygen atoms in total. The van der Waals surface area contributed by atoms with Crippen molar-refractivity contribution in [3.05, 3.63) is 34.3 Å². The Labute approximate surface area is 169 Å². The van der Waals surface area contributed by atoms with Gasteiger partial charge in [-0.1, -0.05) is 12.2 Å². The van der Waals surface area contributed by atoms with Gasteiger partial charge in [0.1, 0.15) is 0 Å². The van der Waals surface area contributed by atoms with Crippen molar-refractivity contribution in [2.45, 2.75) is 32.4 Å². The Hall–Kier alpha value is -0.960. The highest BCUT2D eigenvalue weighted by atomic mass is 127. The first-order valence-corrected chi connectivity index (χ1v) is 8.57. The summed E-state index contributed by atoms with van der Waals surface area (Å²) in [4.78, 5) is 4.67. The number of ether oxygens (including phenoxy) is 2. The van der Waals surface area contributed by atoms with Crippen LogP contribution in [0.4, 0.5) is 0 Å². The number of nitrogens with one attached hydrogen (secondary N) is 2. The summed E-state index contributed by atoms with van der Waals surface area (Å²) in [6.07, 6.45) is 6.50. The lowest BCUT2D eigenvalue weighted by atomic mass is 10.2. The maximum atomic E-state index is 5.38. The third kappa shape index (κ3) is 5.84. The van der Waals surface area contributed by atoms with Crippen molar-refractivity contribution in [2.75, 3.05) is 20.8 Å². The maximum Gasteiger partial charge on any atom is 0.191 e. The monoisotopic (exact) mass is 509 g/mol. The van der Waals surface area contributed by atoms with Gasteiger partial charge in [0, 0.05) is 12.6 Å². The fraction of sp³-hybridized carbons (Fsp3) is 0.471. The van der Waals surface area contributed by atoms with Gasteiger partial charge in [-0.15, -0.1) is 24.0 Å². The topological polar surface area (TPSA) is 54.9 Å². The summed E-state index contributed by atoms with van der Waals surface area (Å²) in [5.74, 6) is 2.24. The van der Waals surface area contributed by atoms with Crippen LogP contribution in [-0.2, 0) is 6.54 Å². The third-order valence-electron chi connectivity index (χ3n) is 3.61. The lowest BCUT2D eigenvalue weighted by Gasteiger charge is -2.17. The van der Waals surface area contributed by atoms with Gasteiger partial charge in [-0.25, -0.2) is 4.99 Å².